The first-order chi connectivity index (χ1) is 8.69. The molecule has 0 saturated heterocycles. The molecular formula is C12H11Br2N3O. The van der Waals surface area contributed by atoms with Gasteiger partial charge in [-0.05, 0) is 51.8 Å². The number of anilines is 1. The second kappa shape index (κ2) is 6.17. The van der Waals surface area contributed by atoms with E-state index in [9.17, 15) is 0 Å². The molecule has 94 valence electrons. The standard InChI is InChI=1S/C12H11Br2N3O/c13-9-1-2-11(10(14)6-9)18-7-8-3-4-16-12(5-8)17-15/h1-6H,7,15H2,(H,16,17). The third kappa shape index (κ3) is 3.44. The number of halogens is 2. The Balaban J connectivity index is 2.06. The molecule has 0 bridgehead atoms. The molecule has 4 nitrogen and oxygen atoms in total. The summed E-state index contributed by atoms with van der Waals surface area (Å²) in [5.74, 6) is 6.71. The molecule has 0 aliphatic carbocycles. The highest BCUT2D eigenvalue weighted by atomic mass is 79.9. The molecular weight excluding hydrogens is 362 g/mol. The Morgan fingerprint density at radius 3 is 2.78 bits per heavy atom. The number of nitrogens with zero attached hydrogens (tertiary/aromatic N) is 1. The smallest absolute Gasteiger partial charge is 0.140 e. The van der Waals surface area contributed by atoms with E-state index in [1.165, 1.54) is 0 Å². The van der Waals surface area contributed by atoms with Crippen LogP contribution in [0.3, 0.4) is 0 Å². The molecule has 0 fully saturated rings. The summed E-state index contributed by atoms with van der Waals surface area (Å²) in [6.45, 7) is 0.456. The normalized spacial score (nSPS) is 10.2. The molecule has 0 saturated carbocycles. The van der Waals surface area contributed by atoms with Crippen molar-refractivity contribution in [3.63, 3.8) is 0 Å². The van der Waals surface area contributed by atoms with E-state index in [4.69, 9.17) is 10.6 Å². The fourth-order valence-electron chi connectivity index (χ4n) is 1.40. The van der Waals surface area contributed by atoms with Crippen molar-refractivity contribution in [3.05, 3.63) is 51.0 Å². The van der Waals surface area contributed by atoms with Gasteiger partial charge in [-0.15, -0.1) is 0 Å². The summed E-state index contributed by atoms with van der Waals surface area (Å²) >= 11 is 6.84. The van der Waals surface area contributed by atoms with Crippen LogP contribution in [0.5, 0.6) is 5.75 Å². The lowest BCUT2D eigenvalue weighted by Crippen LogP contribution is -2.09. The third-order valence-electron chi connectivity index (χ3n) is 2.26. The minimum absolute atomic E-state index is 0.456. The topological polar surface area (TPSA) is 60.2 Å². The quantitative estimate of drug-likeness (QED) is 0.637. The number of nitrogens with one attached hydrogen (secondary N) is 1. The lowest BCUT2D eigenvalue weighted by molar-refractivity contribution is 0.304. The second-order valence-corrected chi connectivity index (χ2v) is 5.33. The molecule has 1 aromatic heterocycles. The van der Waals surface area contributed by atoms with Crippen LogP contribution < -0.4 is 16.0 Å². The molecule has 0 radical (unpaired) electrons. The molecule has 0 amide bonds. The maximum absolute atomic E-state index is 5.71. The number of hydrogen-bond donors (Lipinski definition) is 2. The van der Waals surface area contributed by atoms with Crippen molar-refractivity contribution in [3.8, 4) is 5.75 Å². The zero-order valence-corrected chi connectivity index (χ0v) is 12.5. The first-order valence-electron chi connectivity index (χ1n) is 5.18. The van der Waals surface area contributed by atoms with E-state index in [2.05, 4.69) is 42.3 Å². The number of rotatable bonds is 4. The van der Waals surface area contributed by atoms with Gasteiger partial charge in [-0.25, -0.2) is 10.8 Å². The van der Waals surface area contributed by atoms with Gasteiger partial charge in [0.15, 0.2) is 0 Å². The van der Waals surface area contributed by atoms with Crippen LogP contribution in [-0.2, 0) is 6.61 Å². The van der Waals surface area contributed by atoms with Gasteiger partial charge in [-0.2, -0.15) is 0 Å². The Hall–Kier alpha value is -1.11. The number of aromatic nitrogens is 1. The summed E-state index contributed by atoms with van der Waals surface area (Å²) in [4.78, 5) is 4.03. The van der Waals surface area contributed by atoms with Gasteiger partial charge >= 0.3 is 0 Å². The summed E-state index contributed by atoms with van der Waals surface area (Å²) in [5.41, 5.74) is 3.50. The molecule has 0 aliphatic heterocycles. The van der Waals surface area contributed by atoms with Crippen LogP contribution in [-0.4, -0.2) is 4.98 Å². The van der Waals surface area contributed by atoms with Crippen molar-refractivity contribution >= 4 is 37.7 Å². The van der Waals surface area contributed by atoms with Gasteiger partial charge in [0, 0.05) is 10.7 Å². The van der Waals surface area contributed by atoms with Crippen molar-refractivity contribution in [1.29, 1.82) is 0 Å². The van der Waals surface area contributed by atoms with Crippen LogP contribution in [0.4, 0.5) is 5.82 Å². The van der Waals surface area contributed by atoms with E-state index < -0.39 is 0 Å². The van der Waals surface area contributed by atoms with E-state index in [0.29, 0.717) is 12.4 Å². The van der Waals surface area contributed by atoms with E-state index in [0.717, 1.165) is 20.3 Å². The first-order valence-corrected chi connectivity index (χ1v) is 6.77. The van der Waals surface area contributed by atoms with Crippen molar-refractivity contribution in [2.75, 3.05) is 5.43 Å². The number of hydrazine groups is 1. The van der Waals surface area contributed by atoms with Crippen molar-refractivity contribution in [2.24, 2.45) is 5.84 Å². The Morgan fingerprint density at radius 1 is 1.22 bits per heavy atom. The number of ether oxygens (including phenoxy) is 1. The molecule has 6 heteroatoms. The number of pyridine rings is 1. The van der Waals surface area contributed by atoms with E-state index in [-0.39, 0.29) is 0 Å². The van der Waals surface area contributed by atoms with Crippen LogP contribution in [0.15, 0.2) is 45.5 Å². The summed E-state index contributed by atoms with van der Waals surface area (Å²) in [6, 6.07) is 9.49. The highest BCUT2D eigenvalue weighted by Gasteiger charge is 2.03. The molecule has 2 aromatic rings. The zero-order chi connectivity index (χ0) is 13.0. The number of nitrogens with two attached hydrogens (primary N) is 1. The van der Waals surface area contributed by atoms with Gasteiger partial charge in [0.1, 0.15) is 18.2 Å². The van der Waals surface area contributed by atoms with Gasteiger partial charge in [0.2, 0.25) is 0 Å². The van der Waals surface area contributed by atoms with Gasteiger partial charge in [-0.3, -0.25) is 0 Å². The SMILES string of the molecule is NNc1cc(COc2ccc(Br)cc2Br)ccn1. The number of hydrogen-bond acceptors (Lipinski definition) is 4. The van der Waals surface area contributed by atoms with E-state index >= 15 is 0 Å². The Bertz CT molecular complexity index is 549. The van der Waals surface area contributed by atoms with Crippen LogP contribution >= 0.6 is 31.9 Å². The molecule has 1 aromatic carbocycles. The molecule has 0 unspecified atom stereocenters. The largest absolute Gasteiger partial charge is 0.488 e. The van der Waals surface area contributed by atoms with Crippen molar-refractivity contribution in [1.82, 2.24) is 4.98 Å². The predicted molar refractivity (Wildman–Crippen MR) is 78.2 cm³/mol. The molecule has 0 aliphatic rings. The fourth-order valence-corrected chi connectivity index (χ4v) is 2.56. The minimum atomic E-state index is 0.456. The maximum Gasteiger partial charge on any atom is 0.140 e. The second-order valence-electron chi connectivity index (χ2n) is 3.56. The van der Waals surface area contributed by atoms with Crippen molar-refractivity contribution in [2.45, 2.75) is 6.61 Å². The summed E-state index contributed by atoms with van der Waals surface area (Å²) in [6.07, 6.45) is 1.69. The van der Waals surface area contributed by atoms with Crippen LogP contribution in [0.25, 0.3) is 0 Å². The van der Waals surface area contributed by atoms with Crippen LogP contribution in [0, 0.1) is 0 Å². The highest BCUT2D eigenvalue weighted by molar-refractivity contribution is 9.11. The van der Waals surface area contributed by atoms with Gasteiger partial charge < -0.3 is 10.2 Å². The monoisotopic (exact) mass is 371 g/mol. The summed E-state index contributed by atoms with van der Waals surface area (Å²) in [5, 5.41) is 0. The van der Waals surface area contributed by atoms with Crippen LogP contribution in [0.1, 0.15) is 5.56 Å². The number of nitrogen functional groups attached to an aromatic ring is 1. The summed E-state index contributed by atoms with van der Waals surface area (Å²) < 4.78 is 7.62. The predicted octanol–water partition coefficient (Wildman–Crippen LogP) is 3.47. The molecule has 3 N–H and O–H groups in total. The van der Waals surface area contributed by atoms with Gasteiger partial charge in [0.25, 0.3) is 0 Å². The molecule has 0 atom stereocenters. The average Bonchev–Trinajstić information content (AvgIpc) is 2.38. The lowest BCUT2D eigenvalue weighted by Gasteiger charge is -2.09. The van der Waals surface area contributed by atoms with Gasteiger partial charge in [-0.1, -0.05) is 15.9 Å². The van der Waals surface area contributed by atoms with E-state index in [1.807, 2.05) is 30.3 Å². The molecule has 0 spiro atoms. The zero-order valence-electron chi connectivity index (χ0n) is 9.36. The minimum Gasteiger partial charge on any atom is -0.488 e. The third-order valence-corrected chi connectivity index (χ3v) is 3.37. The van der Waals surface area contributed by atoms with Gasteiger partial charge in [0.05, 0.1) is 4.47 Å². The maximum atomic E-state index is 5.71. The van der Waals surface area contributed by atoms with Crippen LogP contribution in [0.2, 0.25) is 0 Å². The Kier molecular flexibility index (Phi) is 4.57. The highest BCUT2D eigenvalue weighted by Crippen LogP contribution is 2.28. The molecule has 2 rings (SSSR count). The Labute approximate surface area is 122 Å². The Morgan fingerprint density at radius 2 is 2.06 bits per heavy atom. The molecule has 18 heavy (non-hydrogen) atoms. The molecule has 1 heterocycles. The average molecular weight is 373 g/mol. The number of benzene rings is 1. The summed E-state index contributed by atoms with van der Waals surface area (Å²) in [7, 11) is 0. The lowest BCUT2D eigenvalue weighted by atomic mass is 10.3. The fraction of sp³-hybridized carbons (Fsp3) is 0.0833. The first kappa shape index (κ1) is 13.3. The van der Waals surface area contributed by atoms with Crippen molar-refractivity contribution < 1.29 is 4.74 Å². The van der Waals surface area contributed by atoms with E-state index in [1.54, 1.807) is 6.20 Å².